The number of fused-ring (bicyclic) bond motifs is 1. The average Bonchev–Trinajstić information content (AvgIpc) is 3.05. The monoisotopic (exact) mass is 386 g/mol. The number of aromatic nitrogens is 3. The Labute approximate surface area is 163 Å². The molecule has 3 aromatic rings. The van der Waals surface area contributed by atoms with Gasteiger partial charge in [-0.05, 0) is 35.7 Å². The van der Waals surface area contributed by atoms with Crippen molar-refractivity contribution in [3.63, 3.8) is 0 Å². The third-order valence-corrected chi connectivity index (χ3v) is 4.47. The van der Waals surface area contributed by atoms with E-state index in [0.717, 1.165) is 11.3 Å². The Morgan fingerprint density at radius 2 is 2.07 bits per heavy atom. The van der Waals surface area contributed by atoms with Crippen LogP contribution in [0.2, 0.25) is 5.02 Å². The van der Waals surface area contributed by atoms with Crippen molar-refractivity contribution in [2.45, 2.75) is 26.2 Å². The minimum atomic E-state index is -0.170. The van der Waals surface area contributed by atoms with Crippen LogP contribution in [0.5, 0.6) is 5.75 Å². The molecule has 0 bridgehead atoms. The summed E-state index contributed by atoms with van der Waals surface area (Å²) < 4.78 is 7.53. The fraction of sp³-hybridized carbons (Fsp3) is 0.350. The summed E-state index contributed by atoms with van der Waals surface area (Å²) in [6.07, 6.45) is 3.28. The number of imidazole rings is 1. The van der Waals surface area contributed by atoms with Gasteiger partial charge in [0.1, 0.15) is 18.1 Å². The molecule has 0 aliphatic carbocycles. The first-order valence-electron chi connectivity index (χ1n) is 8.74. The van der Waals surface area contributed by atoms with E-state index in [0.29, 0.717) is 29.5 Å². The number of hydrogen-bond acceptors (Lipinski definition) is 4. The Hall–Kier alpha value is -2.60. The minimum absolute atomic E-state index is 0.0918. The number of hydrogen-bond donors (Lipinski definition) is 0. The van der Waals surface area contributed by atoms with Gasteiger partial charge in [0.2, 0.25) is 0 Å². The van der Waals surface area contributed by atoms with Gasteiger partial charge < -0.3 is 9.64 Å². The summed E-state index contributed by atoms with van der Waals surface area (Å²) in [6.45, 7) is 7.14. The summed E-state index contributed by atoms with van der Waals surface area (Å²) in [4.78, 5) is 18.5. The van der Waals surface area contributed by atoms with Gasteiger partial charge in [-0.2, -0.15) is 5.10 Å². The van der Waals surface area contributed by atoms with Crippen molar-refractivity contribution in [2.75, 3.05) is 20.2 Å². The number of rotatable bonds is 5. The molecule has 0 saturated carbocycles. The zero-order chi connectivity index (χ0) is 19.6. The molecule has 2 heterocycles. The van der Waals surface area contributed by atoms with Crippen LogP contribution in [-0.4, -0.2) is 45.6 Å². The highest BCUT2D eigenvalue weighted by Gasteiger charge is 2.20. The van der Waals surface area contributed by atoms with Crippen LogP contribution in [0, 0.1) is 0 Å². The molecule has 2 aromatic heterocycles. The van der Waals surface area contributed by atoms with E-state index < -0.39 is 0 Å². The van der Waals surface area contributed by atoms with Gasteiger partial charge in [0.25, 0.3) is 5.91 Å². The first-order valence-corrected chi connectivity index (χ1v) is 9.12. The normalized spacial score (nSPS) is 11.6. The van der Waals surface area contributed by atoms with Crippen molar-refractivity contribution in [1.82, 2.24) is 19.5 Å². The van der Waals surface area contributed by atoms with Crippen LogP contribution in [0.15, 0.2) is 42.7 Å². The van der Waals surface area contributed by atoms with E-state index >= 15 is 0 Å². The largest absolute Gasteiger partial charge is 0.491 e. The first kappa shape index (κ1) is 19.2. The molecule has 0 spiro atoms. The molecular weight excluding hydrogens is 364 g/mol. The molecule has 6 nitrogen and oxygen atoms in total. The highest BCUT2D eigenvalue weighted by atomic mass is 35.5. The second-order valence-corrected chi connectivity index (χ2v) is 7.85. The van der Waals surface area contributed by atoms with Gasteiger partial charge in [0, 0.05) is 23.8 Å². The van der Waals surface area contributed by atoms with Crippen molar-refractivity contribution in [2.24, 2.45) is 0 Å². The number of carbonyl (C=O) groups excluding carboxylic acids is 1. The topological polar surface area (TPSA) is 59.7 Å². The van der Waals surface area contributed by atoms with Crippen LogP contribution >= 0.6 is 11.6 Å². The second-order valence-electron chi connectivity index (χ2n) is 7.42. The maximum atomic E-state index is 12.6. The number of nitrogens with zero attached hydrogens (tertiary/aromatic N) is 4. The van der Waals surface area contributed by atoms with Gasteiger partial charge in [-0.3, -0.25) is 4.79 Å². The molecular formula is C20H23ClN4O2. The highest BCUT2D eigenvalue weighted by molar-refractivity contribution is 6.30. The number of benzene rings is 1. The Morgan fingerprint density at radius 3 is 2.78 bits per heavy atom. The van der Waals surface area contributed by atoms with E-state index in [9.17, 15) is 4.79 Å². The molecule has 7 heteroatoms. The van der Waals surface area contributed by atoms with E-state index in [1.165, 1.54) is 0 Å². The van der Waals surface area contributed by atoms with Crippen LogP contribution in [0.3, 0.4) is 0 Å². The SMILES string of the molecule is CN(CCOc1ccc(Cl)cc1C(C)(C)C)C(=O)c1cn2ncccc2n1. The van der Waals surface area contributed by atoms with Crippen LogP contribution < -0.4 is 4.74 Å². The standard InChI is InChI=1S/C20H23ClN4O2/c1-20(2,3)15-12-14(21)7-8-17(15)27-11-10-24(4)19(26)16-13-25-18(23-16)6-5-9-22-25/h5-9,12-13H,10-11H2,1-4H3. The number of likely N-dealkylation sites (N-methyl/N-ethyl adjacent to an activating group) is 1. The van der Waals surface area contributed by atoms with Crippen LogP contribution in [-0.2, 0) is 5.41 Å². The van der Waals surface area contributed by atoms with Crippen LogP contribution in [0.1, 0.15) is 36.8 Å². The third-order valence-electron chi connectivity index (χ3n) is 4.24. The molecule has 27 heavy (non-hydrogen) atoms. The summed E-state index contributed by atoms with van der Waals surface area (Å²) in [5.74, 6) is 0.612. The fourth-order valence-corrected chi connectivity index (χ4v) is 2.91. The van der Waals surface area contributed by atoms with Gasteiger partial charge in [0.15, 0.2) is 5.65 Å². The lowest BCUT2D eigenvalue weighted by molar-refractivity contribution is 0.0768. The molecule has 3 rings (SSSR count). The highest BCUT2D eigenvalue weighted by Crippen LogP contribution is 2.33. The predicted octanol–water partition coefficient (Wildman–Crippen LogP) is 3.83. The van der Waals surface area contributed by atoms with Crippen molar-refractivity contribution in [1.29, 1.82) is 0 Å². The Morgan fingerprint density at radius 1 is 1.30 bits per heavy atom. The van der Waals surface area contributed by atoms with Gasteiger partial charge in [-0.1, -0.05) is 32.4 Å². The average molecular weight is 387 g/mol. The molecule has 1 amide bonds. The van der Waals surface area contributed by atoms with Gasteiger partial charge >= 0.3 is 0 Å². The molecule has 0 atom stereocenters. The van der Waals surface area contributed by atoms with E-state index in [4.69, 9.17) is 16.3 Å². The maximum Gasteiger partial charge on any atom is 0.274 e. The van der Waals surface area contributed by atoms with Crippen molar-refractivity contribution >= 4 is 23.2 Å². The maximum absolute atomic E-state index is 12.6. The van der Waals surface area contributed by atoms with E-state index in [1.54, 1.807) is 41.0 Å². The lowest BCUT2D eigenvalue weighted by Crippen LogP contribution is -2.31. The van der Waals surface area contributed by atoms with Gasteiger partial charge in [-0.15, -0.1) is 0 Å². The zero-order valence-corrected chi connectivity index (χ0v) is 16.7. The predicted molar refractivity (Wildman–Crippen MR) is 106 cm³/mol. The first-order chi connectivity index (χ1) is 12.8. The number of amides is 1. The molecule has 0 radical (unpaired) electrons. The fourth-order valence-electron chi connectivity index (χ4n) is 2.74. The quantitative estimate of drug-likeness (QED) is 0.668. The smallest absolute Gasteiger partial charge is 0.274 e. The number of carbonyl (C=O) groups is 1. The van der Waals surface area contributed by atoms with Gasteiger partial charge in [-0.25, -0.2) is 9.50 Å². The molecule has 0 aliphatic heterocycles. The Balaban J connectivity index is 1.64. The molecule has 0 aliphatic rings. The Bertz CT molecular complexity index is 929. The van der Waals surface area contributed by atoms with Crippen LogP contribution in [0.25, 0.3) is 5.65 Å². The molecule has 142 valence electrons. The lowest BCUT2D eigenvalue weighted by atomic mass is 9.86. The minimum Gasteiger partial charge on any atom is -0.491 e. The molecule has 0 saturated heterocycles. The van der Waals surface area contributed by atoms with E-state index in [2.05, 4.69) is 30.9 Å². The molecule has 0 unspecified atom stereocenters. The van der Waals surface area contributed by atoms with Gasteiger partial charge in [0.05, 0.1) is 12.7 Å². The van der Waals surface area contributed by atoms with Crippen LogP contribution in [0.4, 0.5) is 0 Å². The summed E-state index contributed by atoms with van der Waals surface area (Å²) in [5.41, 5.74) is 1.95. The third kappa shape index (κ3) is 4.39. The number of ether oxygens (including phenoxy) is 1. The molecule has 1 aromatic carbocycles. The van der Waals surface area contributed by atoms with Crippen molar-refractivity contribution in [3.05, 3.63) is 59.0 Å². The Kier molecular flexibility index (Phi) is 5.37. The summed E-state index contributed by atoms with van der Waals surface area (Å²) in [7, 11) is 1.73. The van der Waals surface area contributed by atoms with E-state index in [-0.39, 0.29) is 11.3 Å². The molecule has 0 fully saturated rings. The van der Waals surface area contributed by atoms with Crippen molar-refractivity contribution < 1.29 is 9.53 Å². The summed E-state index contributed by atoms with van der Waals surface area (Å²) in [5, 5.41) is 4.81. The van der Waals surface area contributed by atoms with Crippen molar-refractivity contribution in [3.8, 4) is 5.75 Å². The lowest BCUT2D eigenvalue weighted by Gasteiger charge is -2.24. The summed E-state index contributed by atoms with van der Waals surface area (Å²) in [6, 6.07) is 9.20. The van der Waals surface area contributed by atoms with E-state index in [1.807, 2.05) is 18.2 Å². The number of halogens is 1. The molecule has 0 N–H and O–H groups in total. The zero-order valence-electron chi connectivity index (χ0n) is 15.9. The second kappa shape index (κ2) is 7.56. The summed E-state index contributed by atoms with van der Waals surface area (Å²) >= 11 is 6.13.